The van der Waals surface area contributed by atoms with Gasteiger partial charge in [0, 0.05) is 18.3 Å². The van der Waals surface area contributed by atoms with Crippen LogP contribution in [-0.2, 0) is 33.5 Å². The number of hydrogen-bond donors (Lipinski definition) is 5. The van der Waals surface area contributed by atoms with E-state index in [2.05, 4.69) is 17.6 Å². The molecule has 3 fully saturated rings. The van der Waals surface area contributed by atoms with Crippen molar-refractivity contribution >= 4 is 47.1 Å². The number of ether oxygens (including phenoxy) is 1. The zero-order valence-electron chi connectivity index (χ0n) is 28.7. The minimum absolute atomic E-state index is 0.0161. The number of thioether (sulfide) groups is 1. The number of aliphatic hydroxyl groups excluding tert-OH is 1. The zero-order chi connectivity index (χ0) is 35.6. The quantitative estimate of drug-likeness (QED) is 0.168. The van der Waals surface area contributed by atoms with Crippen molar-refractivity contribution in [3.63, 3.8) is 0 Å². The van der Waals surface area contributed by atoms with Gasteiger partial charge in [-0.2, -0.15) is 11.8 Å². The summed E-state index contributed by atoms with van der Waals surface area (Å²) in [6.07, 6.45) is 6.04. The maximum Gasteiger partial charge on any atom is 0.326 e. The van der Waals surface area contributed by atoms with Crippen molar-refractivity contribution in [1.82, 2.24) is 10.6 Å². The Morgan fingerprint density at radius 3 is 2.42 bits per heavy atom. The molecule has 268 valence electrons. The van der Waals surface area contributed by atoms with Gasteiger partial charge in [0.1, 0.15) is 17.7 Å². The monoisotopic (exact) mass is 692 g/mol. The highest BCUT2D eigenvalue weighted by molar-refractivity contribution is 7.98. The third-order valence-corrected chi connectivity index (χ3v) is 12.6. The van der Waals surface area contributed by atoms with E-state index in [9.17, 15) is 44.1 Å². The third kappa shape index (κ3) is 7.38. The molecular weight excluding hydrogens is 640 g/mol. The number of carbonyl (C=O) groups is 6. The van der Waals surface area contributed by atoms with Crippen molar-refractivity contribution in [3.05, 3.63) is 11.6 Å². The molecule has 9 atom stereocenters. The van der Waals surface area contributed by atoms with Crippen molar-refractivity contribution in [2.45, 2.75) is 116 Å². The molecule has 4 rings (SSSR count). The van der Waals surface area contributed by atoms with E-state index in [-0.39, 0.29) is 67.0 Å². The summed E-state index contributed by atoms with van der Waals surface area (Å²) in [6, 6.07) is -2.11. The fourth-order valence-corrected chi connectivity index (χ4v) is 9.71. The zero-order valence-corrected chi connectivity index (χ0v) is 29.5. The molecule has 0 bridgehead atoms. The Morgan fingerprint density at radius 1 is 1.06 bits per heavy atom. The van der Waals surface area contributed by atoms with Crippen LogP contribution in [0, 0.1) is 34.5 Å². The Hall–Kier alpha value is -2.77. The van der Waals surface area contributed by atoms with Gasteiger partial charge >= 0.3 is 11.9 Å². The van der Waals surface area contributed by atoms with E-state index in [1.54, 1.807) is 19.9 Å². The number of nitrogens with one attached hydrogen (secondary N) is 2. The molecule has 0 aromatic carbocycles. The molecule has 0 spiro atoms. The van der Waals surface area contributed by atoms with Crippen LogP contribution in [0.3, 0.4) is 0 Å². The molecule has 48 heavy (non-hydrogen) atoms. The third-order valence-electron chi connectivity index (χ3n) is 11.9. The SMILES string of the molecule is CSCC[C@@H](NC(=O)[C@H](NC(=O)CCC(=O)OCC(=O)[C@@]1(O)CC[C@H]2[C@@H]3CCC4=CC(=O)CC[C@]4(C)[C@H]3[C@@H](O)C[C@@]21C)C(C)C)C(=O)O. The average Bonchev–Trinajstić information content (AvgIpc) is 3.29. The Bertz CT molecular complexity index is 1330. The van der Waals surface area contributed by atoms with Gasteiger partial charge in [0.15, 0.2) is 12.4 Å². The van der Waals surface area contributed by atoms with Gasteiger partial charge in [-0.25, -0.2) is 4.79 Å². The van der Waals surface area contributed by atoms with Gasteiger partial charge in [0.25, 0.3) is 0 Å². The van der Waals surface area contributed by atoms with Crippen LogP contribution in [0.4, 0.5) is 0 Å². The largest absolute Gasteiger partial charge is 0.480 e. The summed E-state index contributed by atoms with van der Waals surface area (Å²) in [7, 11) is 0. The van der Waals surface area contributed by atoms with Crippen molar-refractivity contribution < 1.29 is 48.8 Å². The van der Waals surface area contributed by atoms with Gasteiger partial charge in [0.2, 0.25) is 17.6 Å². The molecule has 0 unspecified atom stereocenters. The summed E-state index contributed by atoms with van der Waals surface area (Å²) in [5, 5.41) is 37.9. The van der Waals surface area contributed by atoms with Gasteiger partial charge in [-0.15, -0.1) is 0 Å². The maximum atomic E-state index is 13.5. The number of aliphatic hydroxyl groups is 2. The summed E-state index contributed by atoms with van der Waals surface area (Å²) in [5.74, 6) is -3.56. The van der Waals surface area contributed by atoms with Gasteiger partial charge in [0.05, 0.1) is 12.5 Å². The lowest BCUT2D eigenvalue weighted by Gasteiger charge is -2.60. The molecule has 0 radical (unpaired) electrons. The molecule has 12 nitrogen and oxygen atoms in total. The lowest BCUT2D eigenvalue weighted by Crippen LogP contribution is -2.62. The van der Waals surface area contributed by atoms with Crippen LogP contribution in [0.25, 0.3) is 0 Å². The predicted molar refractivity (Wildman–Crippen MR) is 178 cm³/mol. The first-order valence-electron chi connectivity index (χ1n) is 17.1. The summed E-state index contributed by atoms with van der Waals surface area (Å²) in [4.78, 5) is 75.3. The second kappa shape index (κ2) is 15.0. The van der Waals surface area contributed by atoms with Crippen LogP contribution < -0.4 is 10.6 Å². The topological polar surface area (TPSA) is 196 Å². The van der Waals surface area contributed by atoms with E-state index in [0.29, 0.717) is 25.0 Å². The minimum Gasteiger partial charge on any atom is -0.480 e. The molecule has 13 heteroatoms. The molecule has 0 aromatic rings. The first-order valence-corrected chi connectivity index (χ1v) is 18.5. The molecular formula is C35H52N2O10S. The molecule has 0 saturated heterocycles. The Labute approximate surface area is 286 Å². The van der Waals surface area contributed by atoms with Crippen molar-refractivity contribution in [2.24, 2.45) is 34.5 Å². The van der Waals surface area contributed by atoms with Crippen LogP contribution in [-0.4, -0.2) is 93.0 Å². The van der Waals surface area contributed by atoms with Gasteiger partial charge in [-0.3, -0.25) is 24.0 Å². The number of carboxylic acids is 1. The molecule has 5 N–H and O–H groups in total. The van der Waals surface area contributed by atoms with Crippen LogP contribution in [0.1, 0.15) is 91.9 Å². The molecule has 4 aliphatic carbocycles. The Kier molecular flexibility index (Phi) is 11.9. The Balaban J connectivity index is 1.31. The number of ketones is 2. The van der Waals surface area contributed by atoms with Crippen molar-refractivity contribution in [1.29, 1.82) is 0 Å². The average molecular weight is 693 g/mol. The second-order valence-electron chi connectivity index (χ2n) is 15.0. The fourth-order valence-electron chi connectivity index (χ4n) is 9.24. The van der Waals surface area contributed by atoms with Crippen LogP contribution in [0.5, 0.6) is 0 Å². The smallest absolute Gasteiger partial charge is 0.326 e. The molecule has 0 heterocycles. The first-order chi connectivity index (χ1) is 22.5. The number of fused-ring (bicyclic) bond motifs is 5. The van der Waals surface area contributed by atoms with Gasteiger partial charge < -0.3 is 30.7 Å². The molecule has 0 aliphatic heterocycles. The first kappa shape index (κ1) is 38.0. The summed E-state index contributed by atoms with van der Waals surface area (Å²) in [6.45, 7) is 6.73. The minimum atomic E-state index is -1.79. The number of carbonyl (C=O) groups excluding carboxylic acids is 5. The Morgan fingerprint density at radius 2 is 1.77 bits per heavy atom. The number of amides is 2. The molecule has 3 saturated carbocycles. The van der Waals surface area contributed by atoms with E-state index >= 15 is 0 Å². The van der Waals surface area contributed by atoms with E-state index < -0.39 is 65.3 Å². The van der Waals surface area contributed by atoms with Gasteiger partial charge in [-0.1, -0.05) is 33.3 Å². The number of allylic oxidation sites excluding steroid dienone is 1. The summed E-state index contributed by atoms with van der Waals surface area (Å²) >= 11 is 1.45. The predicted octanol–water partition coefficient (Wildman–Crippen LogP) is 2.58. The molecule has 2 amide bonds. The summed E-state index contributed by atoms with van der Waals surface area (Å²) < 4.78 is 5.23. The number of esters is 1. The number of hydrogen-bond acceptors (Lipinski definition) is 10. The highest BCUT2D eigenvalue weighted by Crippen LogP contribution is 2.67. The number of Topliss-reactive ketones (excluding diaryl/α,β-unsaturated/α-hetero) is 1. The lowest BCUT2D eigenvalue weighted by molar-refractivity contribution is -0.184. The normalized spacial score (nSPS) is 33.8. The summed E-state index contributed by atoms with van der Waals surface area (Å²) in [5.41, 5.74) is -1.90. The van der Waals surface area contributed by atoms with Gasteiger partial charge in [-0.05, 0) is 92.1 Å². The second-order valence-corrected chi connectivity index (χ2v) is 16.0. The standard InChI is InChI=1S/C35H52N2O10S/c1-19(2)30(31(43)36-24(32(44)45)12-15-48-5)37-27(41)8-9-28(42)47-18-26(40)35(46)14-11-23-22-7-6-20-16-21(38)10-13-33(20,3)29(22)25(39)17-34(23,35)4/h16,19,22-25,29-30,39,46H,6-15,17-18H2,1-5H3,(H,36,43)(H,37,41)(H,44,45)/t22-,23-,24+,25-,29+,30+,33-,34-,35-/m0/s1. The van der Waals surface area contributed by atoms with Crippen molar-refractivity contribution in [2.75, 3.05) is 18.6 Å². The van der Waals surface area contributed by atoms with E-state index in [0.717, 1.165) is 18.4 Å². The lowest BCUT2D eigenvalue weighted by atomic mass is 9.45. The maximum absolute atomic E-state index is 13.5. The molecule has 0 aromatic heterocycles. The van der Waals surface area contributed by atoms with Crippen LogP contribution in [0.15, 0.2) is 11.6 Å². The van der Waals surface area contributed by atoms with E-state index in [1.165, 1.54) is 11.8 Å². The van der Waals surface area contributed by atoms with Crippen LogP contribution >= 0.6 is 11.8 Å². The fraction of sp³-hybridized carbons (Fsp3) is 0.771. The highest BCUT2D eigenvalue weighted by Gasteiger charge is 2.68. The van der Waals surface area contributed by atoms with E-state index in [4.69, 9.17) is 4.74 Å². The number of carboxylic acid groups (broad SMARTS) is 1. The van der Waals surface area contributed by atoms with Crippen LogP contribution in [0.2, 0.25) is 0 Å². The highest BCUT2D eigenvalue weighted by atomic mass is 32.2. The number of aliphatic carboxylic acids is 1. The number of rotatable bonds is 14. The molecule has 4 aliphatic rings. The van der Waals surface area contributed by atoms with Crippen molar-refractivity contribution in [3.8, 4) is 0 Å². The van der Waals surface area contributed by atoms with E-state index in [1.807, 2.05) is 13.2 Å².